The number of halogens is 1. The van der Waals surface area contributed by atoms with Gasteiger partial charge in [-0.3, -0.25) is 9.10 Å². The molecule has 2 aromatic carbocycles. The van der Waals surface area contributed by atoms with Crippen LogP contribution in [0.1, 0.15) is 18.1 Å². The third-order valence-corrected chi connectivity index (χ3v) is 6.05. The maximum absolute atomic E-state index is 13.0. The van der Waals surface area contributed by atoms with Crippen molar-refractivity contribution in [2.75, 3.05) is 17.1 Å². The van der Waals surface area contributed by atoms with Gasteiger partial charge in [0.1, 0.15) is 6.04 Å². The third-order valence-electron chi connectivity index (χ3n) is 4.57. The predicted molar refractivity (Wildman–Crippen MR) is 104 cm³/mol. The number of carbonyl (C=O) groups excluding carboxylic acids is 1. The van der Waals surface area contributed by atoms with Crippen LogP contribution in [-0.2, 0) is 27.8 Å². The Balaban J connectivity index is 1.88. The molecular weight excluding hydrogens is 372 g/mol. The monoisotopic (exact) mass is 392 g/mol. The van der Waals surface area contributed by atoms with E-state index in [0.29, 0.717) is 23.8 Å². The lowest BCUT2D eigenvalue weighted by molar-refractivity contribution is -0.132. The van der Waals surface area contributed by atoms with Crippen LogP contribution in [0, 0.1) is 0 Å². The van der Waals surface area contributed by atoms with Gasteiger partial charge in [0.25, 0.3) is 0 Å². The van der Waals surface area contributed by atoms with Gasteiger partial charge < -0.3 is 4.90 Å². The standard InChI is InChI=1S/C19H21ClN2O3S/c1-14(22(26(2,24)25)18-9-5-8-17(20)12-18)19(23)21-11-10-15-6-3-4-7-16(15)13-21/h3-9,12,14H,10-11,13H2,1-2H3/t14-/m1/s1. The van der Waals surface area contributed by atoms with Crippen LogP contribution in [0.3, 0.4) is 0 Å². The lowest BCUT2D eigenvalue weighted by Gasteiger charge is -2.35. The van der Waals surface area contributed by atoms with Crippen LogP contribution in [-0.4, -0.2) is 38.1 Å². The summed E-state index contributed by atoms with van der Waals surface area (Å²) in [5.41, 5.74) is 2.73. The second kappa shape index (κ2) is 7.29. The molecule has 1 amide bonds. The van der Waals surface area contributed by atoms with Crippen molar-refractivity contribution < 1.29 is 13.2 Å². The van der Waals surface area contributed by atoms with Gasteiger partial charge in [-0.1, -0.05) is 41.9 Å². The minimum absolute atomic E-state index is 0.218. The Kier molecular flexibility index (Phi) is 5.25. The molecule has 0 saturated heterocycles. The summed E-state index contributed by atoms with van der Waals surface area (Å²) in [5.74, 6) is -0.218. The van der Waals surface area contributed by atoms with Crippen LogP contribution in [0.25, 0.3) is 0 Å². The molecule has 0 bridgehead atoms. The van der Waals surface area contributed by atoms with Crippen LogP contribution in [0.2, 0.25) is 5.02 Å². The van der Waals surface area contributed by atoms with E-state index in [4.69, 9.17) is 11.6 Å². The molecule has 1 aliphatic rings. The number of rotatable bonds is 4. The van der Waals surface area contributed by atoms with Crippen molar-refractivity contribution in [2.45, 2.75) is 25.9 Å². The van der Waals surface area contributed by atoms with Gasteiger partial charge in [-0.25, -0.2) is 8.42 Å². The SMILES string of the molecule is C[C@H](C(=O)N1CCc2ccccc2C1)N(c1cccc(Cl)c1)S(C)(=O)=O. The van der Waals surface area contributed by atoms with Crippen LogP contribution in [0.5, 0.6) is 0 Å². The fourth-order valence-electron chi connectivity index (χ4n) is 3.36. The Labute approximate surface area is 159 Å². The highest BCUT2D eigenvalue weighted by molar-refractivity contribution is 7.92. The Morgan fingerprint density at radius 1 is 1.15 bits per heavy atom. The Hall–Kier alpha value is -2.05. The van der Waals surface area contributed by atoms with Gasteiger partial charge >= 0.3 is 0 Å². The normalized spacial score (nSPS) is 15.3. The number of hydrogen-bond donors (Lipinski definition) is 0. The lowest BCUT2D eigenvalue weighted by atomic mass is 9.99. The van der Waals surface area contributed by atoms with E-state index in [-0.39, 0.29) is 5.91 Å². The highest BCUT2D eigenvalue weighted by Gasteiger charge is 2.33. The highest BCUT2D eigenvalue weighted by atomic mass is 35.5. The van der Waals surface area contributed by atoms with E-state index in [1.165, 1.54) is 5.56 Å². The van der Waals surface area contributed by atoms with Crippen LogP contribution in [0.15, 0.2) is 48.5 Å². The zero-order valence-corrected chi connectivity index (χ0v) is 16.3. The fraction of sp³-hybridized carbons (Fsp3) is 0.316. The molecule has 1 atom stereocenters. The van der Waals surface area contributed by atoms with E-state index >= 15 is 0 Å². The molecule has 0 radical (unpaired) electrons. The third kappa shape index (κ3) is 3.86. The first-order chi connectivity index (χ1) is 12.3. The molecule has 0 N–H and O–H groups in total. The quantitative estimate of drug-likeness (QED) is 0.803. The molecule has 138 valence electrons. The summed E-state index contributed by atoms with van der Waals surface area (Å²) >= 11 is 6.01. The first-order valence-corrected chi connectivity index (χ1v) is 10.6. The Morgan fingerprint density at radius 3 is 2.50 bits per heavy atom. The summed E-state index contributed by atoms with van der Waals surface area (Å²) in [6.45, 7) is 2.69. The predicted octanol–water partition coefficient (Wildman–Crippen LogP) is 3.08. The largest absolute Gasteiger partial charge is 0.336 e. The topological polar surface area (TPSA) is 57.7 Å². The number of nitrogens with zero attached hydrogens (tertiary/aromatic N) is 2. The van der Waals surface area contributed by atoms with E-state index in [1.807, 2.05) is 18.2 Å². The minimum atomic E-state index is -3.65. The minimum Gasteiger partial charge on any atom is -0.336 e. The van der Waals surface area contributed by atoms with Crippen molar-refractivity contribution in [3.05, 3.63) is 64.7 Å². The van der Waals surface area contributed by atoms with Crippen molar-refractivity contribution in [2.24, 2.45) is 0 Å². The summed E-state index contributed by atoms with van der Waals surface area (Å²) in [6.07, 6.45) is 1.87. The molecule has 7 heteroatoms. The maximum Gasteiger partial charge on any atom is 0.246 e. The molecule has 1 aliphatic heterocycles. The molecule has 1 heterocycles. The Bertz CT molecular complexity index is 930. The van der Waals surface area contributed by atoms with Crippen molar-refractivity contribution >= 4 is 33.2 Å². The number of fused-ring (bicyclic) bond motifs is 1. The maximum atomic E-state index is 13.0. The van der Waals surface area contributed by atoms with Gasteiger partial charge in [-0.15, -0.1) is 0 Å². The van der Waals surface area contributed by atoms with Gasteiger partial charge in [-0.05, 0) is 42.7 Å². The van der Waals surface area contributed by atoms with Gasteiger partial charge in [0.05, 0.1) is 11.9 Å². The second-order valence-electron chi connectivity index (χ2n) is 6.49. The lowest BCUT2D eigenvalue weighted by Crippen LogP contribution is -2.50. The van der Waals surface area contributed by atoms with Crippen LogP contribution < -0.4 is 4.31 Å². The van der Waals surface area contributed by atoms with Crippen molar-refractivity contribution in [3.8, 4) is 0 Å². The molecule has 0 saturated carbocycles. The number of amides is 1. The van der Waals surface area contributed by atoms with Gasteiger partial charge in [0.15, 0.2) is 0 Å². The Morgan fingerprint density at radius 2 is 1.85 bits per heavy atom. The molecule has 0 unspecified atom stereocenters. The summed E-state index contributed by atoms with van der Waals surface area (Å²) in [4.78, 5) is 14.8. The first-order valence-electron chi connectivity index (χ1n) is 8.38. The first kappa shape index (κ1) is 18.7. The molecule has 0 aromatic heterocycles. The van der Waals surface area contributed by atoms with E-state index in [9.17, 15) is 13.2 Å². The zero-order valence-electron chi connectivity index (χ0n) is 14.7. The second-order valence-corrected chi connectivity index (χ2v) is 8.79. The van der Waals surface area contributed by atoms with Gasteiger partial charge in [0.2, 0.25) is 15.9 Å². The zero-order chi connectivity index (χ0) is 18.9. The number of anilines is 1. The molecular formula is C19H21ClN2O3S. The van der Waals surface area contributed by atoms with Crippen molar-refractivity contribution in [1.29, 1.82) is 0 Å². The van der Waals surface area contributed by atoms with E-state index in [1.54, 1.807) is 36.1 Å². The van der Waals surface area contributed by atoms with E-state index in [0.717, 1.165) is 22.5 Å². The van der Waals surface area contributed by atoms with E-state index < -0.39 is 16.1 Å². The average molecular weight is 393 g/mol. The molecule has 2 aromatic rings. The van der Waals surface area contributed by atoms with Gasteiger partial charge in [0, 0.05) is 18.1 Å². The van der Waals surface area contributed by atoms with Crippen LogP contribution >= 0.6 is 11.6 Å². The molecule has 5 nitrogen and oxygen atoms in total. The smallest absolute Gasteiger partial charge is 0.246 e. The molecule has 0 fully saturated rings. The van der Waals surface area contributed by atoms with Gasteiger partial charge in [-0.2, -0.15) is 0 Å². The average Bonchev–Trinajstić information content (AvgIpc) is 2.59. The van der Waals surface area contributed by atoms with Crippen molar-refractivity contribution in [1.82, 2.24) is 4.90 Å². The molecule has 3 rings (SSSR count). The highest BCUT2D eigenvalue weighted by Crippen LogP contribution is 2.26. The van der Waals surface area contributed by atoms with E-state index in [2.05, 4.69) is 6.07 Å². The summed E-state index contributed by atoms with van der Waals surface area (Å²) < 4.78 is 25.9. The summed E-state index contributed by atoms with van der Waals surface area (Å²) in [7, 11) is -3.65. The molecule has 0 spiro atoms. The number of hydrogen-bond acceptors (Lipinski definition) is 3. The summed E-state index contributed by atoms with van der Waals surface area (Å²) in [5, 5.41) is 0.419. The number of sulfonamides is 1. The fourth-order valence-corrected chi connectivity index (χ4v) is 4.71. The van der Waals surface area contributed by atoms with Crippen LogP contribution in [0.4, 0.5) is 5.69 Å². The van der Waals surface area contributed by atoms with Crippen molar-refractivity contribution in [3.63, 3.8) is 0 Å². The molecule has 26 heavy (non-hydrogen) atoms. The number of carbonyl (C=O) groups is 1. The number of benzene rings is 2. The molecule has 0 aliphatic carbocycles. The summed E-state index contributed by atoms with van der Waals surface area (Å²) in [6, 6.07) is 13.7.